The highest BCUT2D eigenvalue weighted by Gasteiger charge is 2.21. The fraction of sp³-hybridized carbons (Fsp3) is 0.184. The maximum atomic E-state index is 6.99. The molecule has 1 aromatic heterocycles. The lowest BCUT2D eigenvalue weighted by Crippen LogP contribution is -1.99. The van der Waals surface area contributed by atoms with E-state index in [-0.39, 0.29) is 5.92 Å². The summed E-state index contributed by atoms with van der Waals surface area (Å²) in [6.07, 6.45) is 13.8. The molecule has 2 unspecified atom stereocenters. The molecule has 6 rings (SSSR count). The van der Waals surface area contributed by atoms with Crippen LogP contribution in [0, 0.1) is 12.8 Å². The summed E-state index contributed by atoms with van der Waals surface area (Å²) in [5.41, 5.74) is 13.9. The SMILES string of the molecule is C=C(CC(/C=C(\C)c1ccccc1)c1cccc2c1oc1c(-c3cccc(C/C=C\C=C/C(=C)C(C)CC)c3C)cccc12)c1ccccc1. The first kappa shape index (κ1) is 34.5. The van der Waals surface area contributed by atoms with Crippen LogP contribution in [-0.2, 0) is 6.42 Å². The number of hydrogen-bond acceptors (Lipinski definition) is 1. The van der Waals surface area contributed by atoms with Gasteiger partial charge in [-0.1, -0.05) is 178 Å². The van der Waals surface area contributed by atoms with Crippen LogP contribution in [0.4, 0.5) is 0 Å². The normalized spacial score (nSPS) is 13.4. The van der Waals surface area contributed by atoms with Crippen molar-refractivity contribution in [2.24, 2.45) is 5.92 Å². The number of para-hydroxylation sites is 2. The molecule has 250 valence electrons. The molecule has 2 atom stereocenters. The molecule has 0 fully saturated rings. The molecule has 0 spiro atoms. The molecule has 6 aromatic rings. The standard InChI is InChI=1S/C49H48O/c1-7-34(2)35(3)20-11-8-16-25-41-26-17-27-43(38(41)6)45-29-19-31-47-46-30-18-28-44(48(46)50-49(45)47)42(32-36(4)39-21-12-9-13-22-39)33-37(5)40-23-14-10-15-24-40/h8-24,26-31,33-34,42H,3-4,7,25,32H2,1-2,5-6H3/b16-8-,20-11-,37-33+. The zero-order valence-electron chi connectivity index (χ0n) is 30.0. The van der Waals surface area contributed by atoms with E-state index < -0.39 is 0 Å². The number of benzene rings is 5. The van der Waals surface area contributed by atoms with E-state index in [1.165, 1.54) is 44.5 Å². The van der Waals surface area contributed by atoms with Gasteiger partial charge in [-0.05, 0) is 78.0 Å². The Morgan fingerprint density at radius 3 is 2.08 bits per heavy atom. The van der Waals surface area contributed by atoms with Gasteiger partial charge in [0.15, 0.2) is 0 Å². The minimum atomic E-state index is 0.0730. The summed E-state index contributed by atoms with van der Waals surface area (Å²) in [6, 6.07) is 40.9. The molecule has 0 radical (unpaired) electrons. The molecule has 0 saturated heterocycles. The Labute approximate surface area is 298 Å². The molecule has 0 bridgehead atoms. The Kier molecular flexibility index (Phi) is 10.9. The third kappa shape index (κ3) is 7.58. The van der Waals surface area contributed by atoms with Gasteiger partial charge in [-0.15, -0.1) is 0 Å². The van der Waals surface area contributed by atoms with Crippen LogP contribution in [0.25, 0.3) is 44.2 Å². The lowest BCUT2D eigenvalue weighted by molar-refractivity contribution is 0.659. The molecule has 0 amide bonds. The van der Waals surface area contributed by atoms with E-state index in [1.807, 2.05) is 0 Å². The monoisotopic (exact) mass is 652 g/mol. The van der Waals surface area contributed by atoms with E-state index in [9.17, 15) is 0 Å². The van der Waals surface area contributed by atoms with E-state index in [1.54, 1.807) is 0 Å². The number of hydrogen-bond donors (Lipinski definition) is 0. The Bertz CT molecular complexity index is 2200. The maximum Gasteiger partial charge on any atom is 0.143 e. The van der Waals surface area contributed by atoms with E-state index in [4.69, 9.17) is 4.42 Å². The van der Waals surface area contributed by atoms with Gasteiger partial charge in [0.25, 0.3) is 0 Å². The first-order valence-electron chi connectivity index (χ1n) is 17.9. The first-order chi connectivity index (χ1) is 24.4. The lowest BCUT2D eigenvalue weighted by Gasteiger charge is -2.18. The molecule has 0 saturated carbocycles. The van der Waals surface area contributed by atoms with Gasteiger partial charge in [0.2, 0.25) is 0 Å². The summed E-state index contributed by atoms with van der Waals surface area (Å²) in [5.74, 6) is 0.578. The third-order valence-electron chi connectivity index (χ3n) is 10.2. The van der Waals surface area contributed by atoms with Gasteiger partial charge in [-0.2, -0.15) is 0 Å². The Morgan fingerprint density at radius 1 is 0.720 bits per heavy atom. The van der Waals surface area contributed by atoms with Crippen molar-refractivity contribution in [1.82, 2.24) is 0 Å². The summed E-state index contributed by atoms with van der Waals surface area (Å²) >= 11 is 0. The minimum absolute atomic E-state index is 0.0730. The second-order valence-corrected chi connectivity index (χ2v) is 13.5. The fourth-order valence-corrected chi connectivity index (χ4v) is 6.84. The van der Waals surface area contributed by atoms with Gasteiger partial charge in [0, 0.05) is 27.8 Å². The summed E-state index contributed by atoms with van der Waals surface area (Å²) in [6.45, 7) is 17.6. The average molecular weight is 653 g/mol. The average Bonchev–Trinajstić information content (AvgIpc) is 3.54. The van der Waals surface area contributed by atoms with E-state index in [2.05, 4.69) is 186 Å². The molecule has 0 aliphatic rings. The molecule has 0 aliphatic carbocycles. The third-order valence-corrected chi connectivity index (χ3v) is 10.2. The highest BCUT2D eigenvalue weighted by Crippen LogP contribution is 2.42. The maximum absolute atomic E-state index is 6.99. The molecule has 50 heavy (non-hydrogen) atoms. The van der Waals surface area contributed by atoms with Crippen molar-refractivity contribution in [1.29, 1.82) is 0 Å². The van der Waals surface area contributed by atoms with Crippen LogP contribution in [0.1, 0.15) is 67.3 Å². The summed E-state index contributed by atoms with van der Waals surface area (Å²) in [4.78, 5) is 0. The van der Waals surface area contributed by atoms with Crippen molar-refractivity contribution in [3.8, 4) is 11.1 Å². The smallest absolute Gasteiger partial charge is 0.143 e. The van der Waals surface area contributed by atoms with Crippen molar-refractivity contribution in [2.75, 3.05) is 0 Å². The Morgan fingerprint density at radius 2 is 1.36 bits per heavy atom. The van der Waals surface area contributed by atoms with Gasteiger partial charge < -0.3 is 4.42 Å². The van der Waals surface area contributed by atoms with Crippen LogP contribution in [-0.4, -0.2) is 0 Å². The number of rotatable bonds is 13. The number of allylic oxidation sites excluding steroid dienone is 8. The van der Waals surface area contributed by atoms with E-state index in [0.29, 0.717) is 5.92 Å². The van der Waals surface area contributed by atoms with E-state index in [0.717, 1.165) is 52.3 Å². The zero-order chi connectivity index (χ0) is 35.0. The molecule has 1 nitrogen and oxygen atoms in total. The first-order valence-corrected chi connectivity index (χ1v) is 17.9. The van der Waals surface area contributed by atoms with Gasteiger partial charge in [0.05, 0.1) is 0 Å². The summed E-state index contributed by atoms with van der Waals surface area (Å²) in [5, 5.41) is 2.28. The van der Waals surface area contributed by atoms with Crippen LogP contribution in [0.5, 0.6) is 0 Å². The van der Waals surface area contributed by atoms with Crippen LogP contribution in [0.2, 0.25) is 0 Å². The molecule has 1 heteroatoms. The molecule has 0 aliphatic heterocycles. The van der Waals surface area contributed by atoms with Crippen molar-refractivity contribution >= 4 is 33.1 Å². The highest BCUT2D eigenvalue weighted by molar-refractivity contribution is 6.10. The Hall–Kier alpha value is -5.40. The largest absolute Gasteiger partial charge is 0.455 e. The van der Waals surface area contributed by atoms with Gasteiger partial charge in [-0.3, -0.25) is 0 Å². The van der Waals surface area contributed by atoms with Gasteiger partial charge in [0.1, 0.15) is 11.2 Å². The zero-order valence-corrected chi connectivity index (χ0v) is 30.0. The second kappa shape index (κ2) is 15.9. The highest BCUT2D eigenvalue weighted by atomic mass is 16.3. The fourth-order valence-electron chi connectivity index (χ4n) is 6.84. The van der Waals surface area contributed by atoms with Crippen molar-refractivity contribution in [2.45, 2.75) is 52.9 Å². The lowest BCUT2D eigenvalue weighted by atomic mass is 9.86. The van der Waals surface area contributed by atoms with Crippen LogP contribution in [0.3, 0.4) is 0 Å². The van der Waals surface area contributed by atoms with Crippen molar-refractivity contribution in [3.63, 3.8) is 0 Å². The molecule has 0 N–H and O–H groups in total. The minimum Gasteiger partial charge on any atom is -0.455 e. The number of fused-ring (bicyclic) bond motifs is 3. The van der Waals surface area contributed by atoms with Crippen molar-refractivity contribution in [3.05, 3.63) is 192 Å². The predicted molar refractivity (Wildman–Crippen MR) is 217 cm³/mol. The molecular formula is C49H48O. The quantitative estimate of drug-likeness (QED) is 0.113. The van der Waals surface area contributed by atoms with Crippen LogP contribution >= 0.6 is 0 Å². The summed E-state index contributed by atoms with van der Waals surface area (Å²) < 4.78 is 6.99. The topological polar surface area (TPSA) is 13.1 Å². The molecule has 1 heterocycles. The van der Waals surface area contributed by atoms with Crippen LogP contribution < -0.4 is 0 Å². The molecule has 5 aromatic carbocycles. The Balaban J connectivity index is 1.39. The predicted octanol–water partition coefficient (Wildman–Crippen LogP) is 14.1. The van der Waals surface area contributed by atoms with Crippen molar-refractivity contribution < 1.29 is 4.42 Å². The summed E-state index contributed by atoms with van der Waals surface area (Å²) in [7, 11) is 0. The molecular weight excluding hydrogens is 605 g/mol. The van der Waals surface area contributed by atoms with Gasteiger partial charge >= 0.3 is 0 Å². The second-order valence-electron chi connectivity index (χ2n) is 13.5. The number of furan rings is 1. The van der Waals surface area contributed by atoms with E-state index >= 15 is 0 Å². The van der Waals surface area contributed by atoms with Crippen LogP contribution in [0.15, 0.2) is 169 Å². The van der Waals surface area contributed by atoms with Gasteiger partial charge in [-0.25, -0.2) is 0 Å².